The Labute approximate surface area is 186 Å². The molecule has 3 N–H and O–H groups in total. The number of hydrogen-bond donors (Lipinski definition) is 2. The third-order valence-electron chi connectivity index (χ3n) is 4.37. The first kappa shape index (κ1) is 28.8. The van der Waals surface area contributed by atoms with E-state index in [0.717, 1.165) is 62.8 Å². The van der Waals surface area contributed by atoms with Crippen LogP contribution in [0.25, 0.3) is 0 Å². The van der Waals surface area contributed by atoms with Gasteiger partial charge in [0, 0.05) is 45.2 Å². The Kier molecular flexibility index (Phi) is 16.5. The van der Waals surface area contributed by atoms with Gasteiger partial charge in [-0.05, 0) is 38.4 Å². The van der Waals surface area contributed by atoms with Crippen LogP contribution in [0.2, 0.25) is 5.02 Å². The van der Waals surface area contributed by atoms with Gasteiger partial charge in [-0.15, -0.1) is 37.2 Å². The lowest BCUT2D eigenvalue weighted by atomic mass is 10.2. The number of rotatable bonds is 8. The standard InChI is InChI=1S/C18H29ClN4O.3ClH/c1-15(20)7-8-18(24)21-9-4-10-22-11-13-23(14-12-22)17-6-3-2-5-16(17)19;;;/h2-3,5-6,15H,4,7-14,20H2,1H3,(H,21,24);3*1H. The summed E-state index contributed by atoms with van der Waals surface area (Å²) in [5, 5.41) is 3.79. The first-order chi connectivity index (χ1) is 11.6. The highest BCUT2D eigenvalue weighted by Gasteiger charge is 2.18. The first-order valence-corrected chi connectivity index (χ1v) is 9.18. The number of halogens is 4. The SMILES string of the molecule is CC(N)CCC(=O)NCCCN1CCN(c2ccccc2Cl)CC1.Cl.Cl.Cl. The van der Waals surface area contributed by atoms with E-state index in [1.807, 2.05) is 25.1 Å². The number of carbonyl (C=O) groups is 1. The van der Waals surface area contributed by atoms with Crippen LogP contribution in [-0.4, -0.2) is 56.1 Å². The van der Waals surface area contributed by atoms with Crippen molar-refractivity contribution >= 4 is 60.4 Å². The highest BCUT2D eigenvalue weighted by atomic mass is 35.5. The topological polar surface area (TPSA) is 61.6 Å². The van der Waals surface area contributed by atoms with Crippen molar-refractivity contribution in [3.63, 3.8) is 0 Å². The van der Waals surface area contributed by atoms with E-state index in [-0.39, 0.29) is 49.2 Å². The van der Waals surface area contributed by atoms with Crippen LogP contribution in [0.4, 0.5) is 5.69 Å². The minimum absolute atomic E-state index is 0. The molecular weight excluding hydrogens is 430 g/mol. The Bertz CT molecular complexity index is 526. The first-order valence-electron chi connectivity index (χ1n) is 8.80. The van der Waals surface area contributed by atoms with E-state index >= 15 is 0 Å². The maximum Gasteiger partial charge on any atom is 0.220 e. The second-order valence-electron chi connectivity index (χ2n) is 6.50. The number of nitrogens with zero attached hydrogens (tertiary/aromatic N) is 2. The number of hydrogen-bond acceptors (Lipinski definition) is 4. The zero-order chi connectivity index (χ0) is 17.4. The summed E-state index contributed by atoms with van der Waals surface area (Å²) in [6, 6.07) is 8.10. The number of anilines is 1. The fraction of sp³-hybridized carbons (Fsp3) is 0.611. The summed E-state index contributed by atoms with van der Waals surface area (Å²) >= 11 is 6.27. The van der Waals surface area contributed by atoms with E-state index in [1.54, 1.807) is 0 Å². The molecule has 158 valence electrons. The number of nitrogens with one attached hydrogen (secondary N) is 1. The molecule has 0 radical (unpaired) electrons. The fourth-order valence-electron chi connectivity index (χ4n) is 2.90. The molecule has 1 aromatic carbocycles. The van der Waals surface area contributed by atoms with E-state index in [1.165, 1.54) is 0 Å². The van der Waals surface area contributed by atoms with Gasteiger partial charge < -0.3 is 16.0 Å². The quantitative estimate of drug-likeness (QED) is 0.582. The molecule has 1 amide bonds. The highest BCUT2D eigenvalue weighted by Crippen LogP contribution is 2.25. The van der Waals surface area contributed by atoms with Crippen LogP contribution in [0.1, 0.15) is 26.2 Å². The zero-order valence-electron chi connectivity index (χ0n) is 15.7. The number of nitrogens with two attached hydrogens (primary N) is 1. The summed E-state index contributed by atoms with van der Waals surface area (Å²) in [6.07, 6.45) is 2.25. The van der Waals surface area contributed by atoms with Gasteiger partial charge in [-0.2, -0.15) is 0 Å². The molecule has 0 aromatic heterocycles. The van der Waals surface area contributed by atoms with Crippen molar-refractivity contribution in [1.82, 2.24) is 10.2 Å². The maximum absolute atomic E-state index is 11.6. The van der Waals surface area contributed by atoms with Crippen LogP contribution in [0.5, 0.6) is 0 Å². The molecule has 1 saturated heterocycles. The molecule has 0 aliphatic carbocycles. The molecular formula is C18H32Cl4N4O. The van der Waals surface area contributed by atoms with Gasteiger partial charge in [0.1, 0.15) is 0 Å². The molecule has 1 heterocycles. The Morgan fingerprint density at radius 3 is 2.41 bits per heavy atom. The second-order valence-corrected chi connectivity index (χ2v) is 6.91. The Balaban J connectivity index is 0. The van der Waals surface area contributed by atoms with Gasteiger partial charge in [-0.25, -0.2) is 0 Å². The van der Waals surface area contributed by atoms with Gasteiger partial charge in [0.25, 0.3) is 0 Å². The molecule has 27 heavy (non-hydrogen) atoms. The molecule has 0 spiro atoms. The van der Waals surface area contributed by atoms with E-state index in [9.17, 15) is 4.79 Å². The molecule has 9 heteroatoms. The molecule has 1 aliphatic rings. The second kappa shape index (κ2) is 15.5. The number of carbonyl (C=O) groups excluding carboxylic acids is 1. The predicted molar refractivity (Wildman–Crippen MR) is 122 cm³/mol. The smallest absolute Gasteiger partial charge is 0.220 e. The van der Waals surface area contributed by atoms with Crippen LogP contribution in [0.3, 0.4) is 0 Å². The molecule has 1 aliphatic heterocycles. The minimum Gasteiger partial charge on any atom is -0.368 e. The van der Waals surface area contributed by atoms with Crippen molar-refractivity contribution in [3.8, 4) is 0 Å². The minimum atomic E-state index is 0. The van der Waals surface area contributed by atoms with Crippen molar-refractivity contribution in [2.45, 2.75) is 32.2 Å². The van der Waals surface area contributed by atoms with E-state index in [2.05, 4.69) is 21.2 Å². The van der Waals surface area contributed by atoms with E-state index in [4.69, 9.17) is 17.3 Å². The van der Waals surface area contributed by atoms with Crippen molar-refractivity contribution < 1.29 is 4.79 Å². The van der Waals surface area contributed by atoms with Gasteiger partial charge in [0.05, 0.1) is 10.7 Å². The van der Waals surface area contributed by atoms with Crippen molar-refractivity contribution in [3.05, 3.63) is 29.3 Å². The van der Waals surface area contributed by atoms with Crippen molar-refractivity contribution in [2.75, 3.05) is 44.2 Å². The molecule has 5 nitrogen and oxygen atoms in total. The Hall–Kier alpha value is -0.430. The summed E-state index contributed by atoms with van der Waals surface area (Å²) in [4.78, 5) is 16.4. The van der Waals surface area contributed by atoms with Crippen LogP contribution < -0.4 is 16.0 Å². The van der Waals surface area contributed by atoms with Crippen LogP contribution in [-0.2, 0) is 4.79 Å². The zero-order valence-corrected chi connectivity index (χ0v) is 18.9. The van der Waals surface area contributed by atoms with Gasteiger partial charge >= 0.3 is 0 Å². The van der Waals surface area contributed by atoms with Crippen LogP contribution in [0, 0.1) is 0 Å². The lowest BCUT2D eigenvalue weighted by Gasteiger charge is -2.36. The molecule has 1 fully saturated rings. The summed E-state index contributed by atoms with van der Waals surface area (Å²) < 4.78 is 0. The van der Waals surface area contributed by atoms with Crippen LogP contribution >= 0.6 is 48.8 Å². The van der Waals surface area contributed by atoms with E-state index in [0.29, 0.717) is 6.42 Å². The van der Waals surface area contributed by atoms with Gasteiger partial charge in [0.15, 0.2) is 0 Å². The summed E-state index contributed by atoms with van der Waals surface area (Å²) in [5.74, 6) is 0.107. The maximum atomic E-state index is 11.6. The average molecular weight is 462 g/mol. The lowest BCUT2D eigenvalue weighted by Crippen LogP contribution is -2.47. The summed E-state index contributed by atoms with van der Waals surface area (Å²) in [6.45, 7) is 7.73. The monoisotopic (exact) mass is 460 g/mol. The number of amides is 1. The molecule has 0 bridgehead atoms. The van der Waals surface area contributed by atoms with Crippen LogP contribution in [0.15, 0.2) is 24.3 Å². The third-order valence-corrected chi connectivity index (χ3v) is 4.69. The molecule has 1 unspecified atom stereocenters. The predicted octanol–water partition coefficient (Wildman–Crippen LogP) is 3.36. The Morgan fingerprint density at radius 2 is 1.81 bits per heavy atom. The van der Waals surface area contributed by atoms with Gasteiger partial charge in [-0.1, -0.05) is 23.7 Å². The summed E-state index contributed by atoms with van der Waals surface area (Å²) in [5.41, 5.74) is 6.78. The normalized spacial score (nSPS) is 15.0. The largest absolute Gasteiger partial charge is 0.368 e. The van der Waals surface area contributed by atoms with Gasteiger partial charge in [-0.3, -0.25) is 9.69 Å². The average Bonchev–Trinajstić information content (AvgIpc) is 2.58. The molecule has 2 rings (SSSR count). The fourth-order valence-corrected chi connectivity index (χ4v) is 3.15. The molecule has 1 atom stereocenters. The highest BCUT2D eigenvalue weighted by molar-refractivity contribution is 6.33. The van der Waals surface area contributed by atoms with Crippen molar-refractivity contribution in [1.29, 1.82) is 0 Å². The number of para-hydroxylation sites is 1. The van der Waals surface area contributed by atoms with Crippen molar-refractivity contribution in [2.24, 2.45) is 5.73 Å². The van der Waals surface area contributed by atoms with Gasteiger partial charge in [0.2, 0.25) is 5.91 Å². The number of benzene rings is 1. The number of piperazine rings is 1. The molecule has 0 saturated carbocycles. The summed E-state index contributed by atoms with van der Waals surface area (Å²) in [7, 11) is 0. The van der Waals surface area contributed by atoms with E-state index < -0.39 is 0 Å². The Morgan fingerprint density at radius 1 is 1.19 bits per heavy atom. The third kappa shape index (κ3) is 10.6. The molecule has 1 aromatic rings. The lowest BCUT2D eigenvalue weighted by molar-refractivity contribution is -0.121.